The van der Waals surface area contributed by atoms with Crippen LogP contribution in [-0.2, 0) is 6.42 Å². The summed E-state index contributed by atoms with van der Waals surface area (Å²) in [5.41, 5.74) is 9.98. The van der Waals surface area contributed by atoms with Crippen molar-refractivity contribution in [3.05, 3.63) is 106 Å². The van der Waals surface area contributed by atoms with E-state index in [1.165, 1.54) is 33.4 Å². The van der Waals surface area contributed by atoms with Crippen LogP contribution in [0.5, 0.6) is 11.5 Å². The van der Waals surface area contributed by atoms with Crippen LogP contribution in [0.25, 0.3) is 11.1 Å². The van der Waals surface area contributed by atoms with E-state index in [0.29, 0.717) is 12.3 Å². The number of alkyl halides is 1. The molecule has 1 aliphatic heterocycles. The van der Waals surface area contributed by atoms with Crippen LogP contribution in [-0.4, -0.2) is 38.3 Å². The molecule has 206 valence electrons. The average Bonchev–Trinajstić information content (AvgIpc) is 3.12. The van der Waals surface area contributed by atoms with E-state index < -0.39 is 0 Å². The summed E-state index contributed by atoms with van der Waals surface area (Å²) in [7, 11) is 1.72. The molecule has 3 aromatic carbocycles. The Morgan fingerprint density at radius 3 is 2.44 bits per heavy atom. The monoisotopic (exact) mass is 527 g/mol. The zero-order chi connectivity index (χ0) is 27.9. The molecule has 0 spiro atoms. The largest absolute Gasteiger partial charge is 0.497 e. The lowest BCUT2D eigenvalue weighted by Crippen LogP contribution is -2.48. The van der Waals surface area contributed by atoms with Crippen molar-refractivity contribution in [1.29, 1.82) is 0 Å². The minimum absolute atomic E-state index is 0.151. The predicted octanol–water partition coefficient (Wildman–Crippen LogP) is 8.43. The van der Waals surface area contributed by atoms with E-state index in [0.717, 1.165) is 55.0 Å². The second-order valence-corrected chi connectivity index (χ2v) is 10.4. The normalized spacial score (nSPS) is 15.4. The van der Waals surface area contributed by atoms with E-state index in [1.54, 1.807) is 7.11 Å². The molecule has 39 heavy (non-hydrogen) atoms. The lowest BCUT2D eigenvalue weighted by Gasteiger charge is -2.37. The summed E-state index contributed by atoms with van der Waals surface area (Å²) in [5, 5.41) is 0. The van der Waals surface area contributed by atoms with Gasteiger partial charge in [0.15, 0.2) is 0 Å². The zero-order valence-corrected chi connectivity index (χ0v) is 24.1. The molecule has 3 nitrogen and oxygen atoms in total. The van der Waals surface area contributed by atoms with Gasteiger partial charge in [0, 0.05) is 19.0 Å². The Labute approximate surface area is 234 Å². The van der Waals surface area contributed by atoms with Crippen molar-refractivity contribution in [1.82, 2.24) is 4.90 Å². The van der Waals surface area contributed by atoms with Gasteiger partial charge >= 0.3 is 0 Å². The van der Waals surface area contributed by atoms with Crippen molar-refractivity contribution in [2.75, 3.05) is 33.4 Å². The summed E-state index contributed by atoms with van der Waals surface area (Å²) in [4.78, 5) is 2.18. The molecule has 0 amide bonds. The number of hydrogen-bond acceptors (Lipinski definition) is 3. The van der Waals surface area contributed by atoms with Crippen molar-refractivity contribution >= 4 is 11.1 Å². The Kier molecular flexibility index (Phi) is 9.63. The first-order chi connectivity index (χ1) is 19.0. The molecular formula is C35H42FNO2. The van der Waals surface area contributed by atoms with Crippen molar-refractivity contribution in [3.8, 4) is 11.5 Å². The van der Waals surface area contributed by atoms with Gasteiger partial charge in [-0.2, -0.15) is 0 Å². The summed E-state index contributed by atoms with van der Waals surface area (Å²) < 4.78 is 24.7. The number of allylic oxidation sites excluding steroid dienone is 1. The fourth-order valence-corrected chi connectivity index (χ4v) is 5.61. The first kappa shape index (κ1) is 28.6. The van der Waals surface area contributed by atoms with Crippen LogP contribution in [0.3, 0.4) is 0 Å². The SMILES string of the molecule is C=C(CN1CC(CF)C1)Oc1cc(C2=C(c3ccccc3C)CCCc3cc(OC)ccc32)ccc1C.CC. The molecule has 0 bridgehead atoms. The maximum absolute atomic E-state index is 12.8. The molecule has 1 aliphatic carbocycles. The standard InChI is InChI=1S/C33H36FNO2.C2H6/c1-22-8-5-6-10-29(22)31-11-7-9-26-16-28(36-4)14-15-30(26)33(31)27-13-12-23(2)32(17-27)37-24(3)19-35-20-25(18-34)21-35;1-2/h5-6,8,10,12-17,25H,3,7,9,11,18-21H2,1-2,4H3;1-2H3. The van der Waals surface area contributed by atoms with Crippen LogP contribution in [0.1, 0.15) is 60.1 Å². The Bertz CT molecular complexity index is 1340. The Balaban J connectivity index is 0.00000172. The lowest BCUT2D eigenvalue weighted by atomic mass is 9.86. The number of likely N-dealkylation sites (tertiary alicyclic amines) is 1. The number of aryl methyl sites for hydroxylation is 3. The molecule has 1 fully saturated rings. The third-order valence-electron chi connectivity index (χ3n) is 7.61. The third kappa shape index (κ3) is 6.45. The summed E-state index contributed by atoms with van der Waals surface area (Å²) >= 11 is 0. The zero-order valence-electron chi connectivity index (χ0n) is 24.1. The Morgan fingerprint density at radius 2 is 1.72 bits per heavy atom. The van der Waals surface area contributed by atoms with Crippen LogP contribution in [0, 0.1) is 19.8 Å². The summed E-state index contributed by atoms with van der Waals surface area (Å²) in [6.45, 7) is 14.3. The summed E-state index contributed by atoms with van der Waals surface area (Å²) in [6.07, 6.45) is 3.08. The van der Waals surface area contributed by atoms with Crippen LogP contribution in [0.15, 0.2) is 73.0 Å². The molecule has 0 saturated carbocycles. The van der Waals surface area contributed by atoms with Crippen LogP contribution >= 0.6 is 0 Å². The number of halogens is 1. The highest BCUT2D eigenvalue weighted by molar-refractivity contribution is 6.00. The van der Waals surface area contributed by atoms with Gasteiger partial charge in [0.05, 0.1) is 20.3 Å². The molecule has 0 N–H and O–H groups in total. The number of hydrogen-bond donors (Lipinski definition) is 0. The van der Waals surface area contributed by atoms with Crippen LogP contribution < -0.4 is 9.47 Å². The number of rotatable bonds is 8. The van der Waals surface area contributed by atoms with Crippen molar-refractivity contribution in [2.45, 2.75) is 47.0 Å². The maximum Gasteiger partial charge on any atom is 0.130 e. The quantitative estimate of drug-likeness (QED) is 0.274. The van der Waals surface area contributed by atoms with Gasteiger partial charge < -0.3 is 9.47 Å². The van der Waals surface area contributed by atoms with E-state index >= 15 is 0 Å². The number of fused-ring (bicyclic) bond motifs is 1. The second kappa shape index (κ2) is 13.1. The van der Waals surface area contributed by atoms with Gasteiger partial charge in [-0.3, -0.25) is 9.29 Å². The maximum atomic E-state index is 12.8. The number of ether oxygens (including phenoxy) is 2. The molecule has 5 rings (SSSR count). The molecular weight excluding hydrogens is 485 g/mol. The van der Waals surface area contributed by atoms with E-state index in [9.17, 15) is 4.39 Å². The van der Waals surface area contributed by atoms with Gasteiger partial charge in [-0.05, 0) is 95.8 Å². The average molecular weight is 528 g/mol. The number of methoxy groups -OCH3 is 1. The number of benzene rings is 3. The highest BCUT2D eigenvalue weighted by Crippen LogP contribution is 2.42. The van der Waals surface area contributed by atoms with Gasteiger partial charge in [0.2, 0.25) is 0 Å². The van der Waals surface area contributed by atoms with Crippen molar-refractivity contribution in [3.63, 3.8) is 0 Å². The Hall–Kier alpha value is -3.37. The smallest absolute Gasteiger partial charge is 0.130 e. The second-order valence-electron chi connectivity index (χ2n) is 10.4. The highest BCUT2D eigenvalue weighted by atomic mass is 19.1. The molecule has 1 saturated heterocycles. The van der Waals surface area contributed by atoms with E-state index in [-0.39, 0.29) is 12.6 Å². The third-order valence-corrected chi connectivity index (χ3v) is 7.61. The highest BCUT2D eigenvalue weighted by Gasteiger charge is 2.27. The molecule has 3 aromatic rings. The summed E-state index contributed by atoms with van der Waals surface area (Å²) in [5.74, 6) is 2.55. The molecule has 4 heteroatoms. The molecule has 0 aromatic heterocycles. The van der Waals surface area contributed by atoms with Crippen LogP contribution in [0.2, 0.25) is 0 Å². The van der Waals surface area contributed by atoms with Gasteiger partial charge in [-0.1, -0.05) is 62.9 Å². The fraction of sp³-hybridized carbons (Fsp3) is 0.371. The molecule has 1 heterocycles. The van der Waals surface area contributed by atoms with E-state index in [2.05, 4.69) is 86.0 Å². The van der Waals surface area contributed by atoms with Gasteiger partial charge in [0.25, 0.3) is 0 Å². The molecule has 0 radical (unpaired) electrons. The molecule has 0 unspecified atom stereocenters. The van der Waals surface area contributed by atoms with E-state index in [1.807, 2.05) is 13.8 Å². The van der Waals surface area contributed by atoms with Gasteiger partial charge in [0.1, 0.15) is 17.3 Å². The topological polar surface area (TPSA) is 21.7 Å². The molecule has 0 atom stereocenters. The van der Waals surface area contributed by atoms with Gasteiger partial charge in [-0.25, -0.2) is 0 Å². The minimum Gasteiger partial charge on any atom is -0.497 e. The lowest BCUT2D eigenvalue weighted by molar-refractivity contribution is 0.0818. The first-order valence-electron chi connectivity index (χ1n) is 14.2. The molecule has 2 aliphatic rings. The fourth-order valence-electron chi connectivity index (χ4n) is 5.61. The van der Waals surface area contributed by atoms with Crippen molar-refractivity contribution < 1.29 is 13.9 Å². The van der Waals surface area contributed by atoms with E-state index in [4.69, 9.17) is 9.47 Å². The minimum atomic E-state index is -0.253. The van der Waals surface area contributed by atoms with Crippen LogP contribution in [0.4, 0.5) is 4.39 Å². The predicted molar refractivity (Wildman–Crippen MR) is 161 cm³/mol. The van der Waals surface area contributed by atoms with Gasteiger partial charge in [-0.15, -0.1) is 0 Å². The summed E-state index contributed by atoms with van der Waals surface area (Å²) in [6, 6.07) is 21.6. The first-order valence-corrected chi connectivity index (χ1v) is 14.2. The number of nitrogens with zero attached hydrogens (tertiary/aromatic N) is 1. The Morgan fingerprint density at radius 1 is 0.949 bits per heavy atom. The van der Waals surface area contributed by atoms with Crippen molar-refractivity contribution in [2.24, 2.45) is 5.92 Å².